The first-order valence-electron chi connectivity index (χ1n) is 12.5. The van der Waals surface area contributed by atoms with Gasteiger partial charge < -0.3 is 5.73 Å². The molecule has 0 saturated carbocycles. The summed E-state index contributed by atoms with van der Waals surface area (Å²) in [5.74, 6) is 0. The van der Waals surface area contributed by atoms with Gasteiger partial charge in [0.15, 0.2) is 0 Å². The first-order chi connectivity index (χ1) is 17.5. The molecule has 0 amide bonds. The molecule has 36 heavy (non-hydrogen) atoms. The van der Waals surface area contributed by atoms with Crippen molar-refractivity contribution in [2.75, 3.05) is 0 Å². The Labute approximate surface area is 212 Å². The maximum Gasteiger partial charge on any atom is 0.297 e. The van der Waals surface area contributed by atoms with E-state index in [0.717, 1.165) is 11.1 Å². The van der Waals surface area contributed by atoms with Crippen LogP contribution in [0.25, 0.3) is 28.0 Å². The van der Waals surface area contributed by atoms with Crippen LogP contribution in [-0.4, -0.2) is 18.5 Å². The molecule has 1 aliphatic heterocycles. The predicted molar refractivity (Wildman–Crippen MR) is 153 cm³/mol. The van der Waals surface area contributed by atoms with Crippen LogP contribution in [0.5, 0.6) is 0 Å². The van der Waals surface area contributed by atoms with Gasteiger partial charge in [-0.05, 0) is 56.3 Å². The van der Waals surface area contributed by atoms with Gasteiger partial charge in [-0.15, -0.1) is 4.67 Å². The van der Waals surface area contributed by atoms with Crippen molar-refractivity contribution in [1.82, 2.24) is 9.98 Å². The van der Waals surface area contributed by atoms with Gasteiger partial charge in [0.2, 0.25) is 0 Å². The molecule has 0 bridgehead atoms. The van der Waals surface area contributed by atoms with Crippen LogP contribution in [0.4, 0.5) is 0 Å². The predicted octanol–water partition coefficient (Wildman–Crippen LogP) is 5.92. The summed E-state index contributed by atoms with van der Waals surface area (Å²) >= 11 is 0. The van der Waals surface area contributed by atoms with Crippen molar-refractivity contribution in [1.29, 1.82) is 0 Å². The van der Waals surface area contributed by atoms with E-state index in [0.29, 0.717) is 0 Å². The second kappa shape index (κ2) is 8.89. The van der Waals surface area contributed by atoms with E-state index in [1.54, 1.807) is 0 Å². The van der Waals surface area contributed by atoms with E-state index in [2.05, 4.69) is 103 Å². The van der Waals surface area contributed by atoms with Crippen molar-refractivity contribution >= 4 is 29.3 Å². The fourth-order valence-corrected chi connectivity index (χ4v) is 5.54. The molecular weight excluding hydrogens is 438 g/mol. The summed E-state index contributed by atoms with van der Waals surface area (Å²) < 4.78 is 4.30. The Balaban J connectivity index is 1.40. The lowest BCUT2D eigenvalue weighted by Gasteiger charge is -2.22. The molecule has 0 spiro atoms. The monoisotopic (exact) mass is 468 g/mol. The van der Waals surface area contributed by atoms with Crippen molar-refractivity contribution in [3.05, 3.63) is 125 Å². The van der Waals surface area contributed by atoms with Crippen LogP contribution in [-0.2, 0) is 5.41 Å². The van der Waals surface area contributed by atoms with Crippen LogP contribution in [0.1, 0.15) is 42.3 Å². The molecule has 0 fully saturated rings. The quantitative estimate of drug-likeness (QED) is 0.272. The number of fused-ring (bicyclic) bond motifs is 4. The zero-order valence-corrected chi connectivity index (χ0v) is 20.6. The largest absolute Gasteiger partial charge is 0.312 e. The zero-order chi connectivity index (χ0) is 24.7. The summed E-state index contributed by atoms with van der Waals surface area (Å²) in [6.07, 6.45) is 9.93. The van der Waals surface area contributed by atoms with Crippen molar-refractivity contribution in [3.63, 3.8) is 0 Å². The maximum atomic E-state index is 6.55. The van der Waals surface area contributed by atoms with E-state index in [4.69, 9.17) is 5.73 Å². The van der Waals surface area contributed by atoms with E-state index in [9.17, 15) is 0 Å². The van der Waals surface area contributed by atoms with E-state index in [1.807, 2.05) is 36.7 Å². The van der Waals surface area contributed by atoms with E-state index in [1.165, 1.54) is 38.6 Å². The van der Waals surface area contributed by atoms with Crippen LogP contribution in [0, 0.1) is 0 Å². The minimum absolute atomic E-state index is 0.0541. The standard InChI is InChI=1S/C33H30N3/c1-33(2)28-14-8-13-22(31(28)27-19-24-11-6-7-12-25(24)20-29(27)33)15-16-30(26-17-18-35-21-26)36-32(34)23-9-4-3-5-10-23/h3-21,30,32,36H,34H2,1-2H3/q+1/b16-15+. The molecule has 0 saturated heterocycles. The molecule has 0 aromatic heterocycles. The van der Waals surface area contributed by atoms with E-state index >= 15 is 0 Å². The summed E-state index contributed by atoms with van der Waals surface area (Å²) in [5.41, 5.74) is 15.3. The van der Waals surface area contributed by atoms with Gasteiger partial charge in [-0.2, -0.15) is 0 Å². The summed E-state index contributed by atoms with van der Waals surface area (Å²) in [5, 5.41) is 6.15. The molecule has 4 aromatic rings. The van der Waals surface area contributed by atoms with Crippen LogP contribution >= 0.6 is 0 Å². The van der Waals surface area contributed by atoms with Crippen LogP contribution in [0.3, 0.4) is 0 Å². The number of hydrogen-bond acceptors (Lipinski definition) is 2. The van der Waals surface area contributed by atoms with Gasteiger partial charge in [0.05, 0.1) is 17.8 Å². The summed E-state index contributed by atoms with van der Waals surface area (Å²) in [4.78, 5) is 0. The molecular formula is C33H30N3+. The number of benzene rings is 4. The van der Waals surface area contributed by atoms with E-state index < -0.39 is 0 Å². The molecule has 2 unspecified atom stereocenters. The lowest BCUT2D eigenvalue weighted by atomic mass is 9.81. The average molecular weight is 469 g/mol. The van der Waals surface area contributed by atoms with Gasteiger partial charge in [-0.1, -0.05) is 98.8 Å². The highest BCUT2D eigenvalue weighted by Gasteiger charge is 2.36. The summed E-state index contributed by atoms with van der Waals surface area (Å²) in [7, 11) is 0. The molecule has 6 rings (SSSR count). The fourth-order valence-electron chi connectivity index (χ4n) is 5.54. The van der Waals surface area contributed by atoms with Gasteiger partial charge >= 0.3 is 0 Å². The third kappa shape index (κ3) is 3.84. The Morgan fingerprint density at radius 2 is 1.61 bits per heavy atom. The lowest BCUT2D eigenvalue weighted by Crippen LogP contribution is -2.37. The highest BCUT2D eigenvalue weighted by molar-refractivity contribution is 5.97. The number of rotatable bonds is 6. The molecule has 3 nitrogen and oxygen atoms in total. The SMILES string of the molecule is CC1(C)c2cc3ccccc3cc2-c2c(/C=C/C(NC(N)c3ccccc3)C3=CC=[N+]=C3)cccc21. The van der Waals surface area contributed by atoms with Gasteiger partial charge in [-0.25, -0.2) is 0 Å². The molecule has 1 aliphatic carbocycles. The zero-order valence-electron chi connectivity index (χ0n) is 20.6. The smallest absolute Gasteiger partial charge is 0.297 e. The third-order valence-corrected chi connectivity index (χ3v) is 7.52. The van der Waals surface area contributed by atoms with Gasteiger partial charge in [0.25, 0.3) is 12.4 Å². The first kappa shape index (κ1) is 22.5. The number of allylic oxidation sites excluding steroid dienone is 1. The molecule has 0 radical (unpaired) electrons. The van der Waals surface area contributed by atoms with Crippen molar-refractivity contribution < 1.29 is 0 Å². The van der Waals surface area contributed by atoms with Crippen molar-refractivity contribution in [2.24, 2.45) is 5.73 Å². The number of nitrogens with two attached hydrogens (primary N) is 1. The van der Waals surface area contributed by atoms with Crippen LogP contribution in [0.2, 0.25) is 0 Å². The minimum atomic E-state index is -0.289. The number of hydrogen-bond donors (Lipinski definition) is 2. The Morgan fingerprint density at radius 3 is 2.36 bits per heavy atom. The van der Waals surface area contributed by atoms with Gasteiger partial charge in [0, 0.05) is 11.5 Å². The van der Waals surface area contributed by atoms with Gasteiger partial charge in [-0.3, -0.25) is 5.32 Å². The highest BCUT2D eigenvalue weighted by atomic mass is 15.0. The summed E-state index contributed by atoms with van der Waals surface area (Å²) in [6, 6.07) is 30.1. The molecule has 3 heteroatoms. The molecule has 3 N–H and O–H groups in total. The lowest BCUT2D eigenvalue weighted by molar-refractivity contribution is 0.538. The average Bonchev–Trinajstić information content (AvgIpc) is 3.52. The second-order valence-corrected chi connectivity index (χ2v) is 10.1. The van der Waals surface area contributed by atoms with Crippen molar-refractivity contribution in [3.8, 4) is 11.1 Å². The number of nitrogens with zero attached hydrogens (tertiary/aromatic N) is 1. The second-order valence-electron chi connectivity index (χ2n) is 10.1. The third-order valence-electron chi connectivity index (χ3n) is 7.52. The van der Waals surface area contributed by atoms with E-state index in [-0.39, 0.29) is 17.6 Å². The normalized spacial score (nSPS) is 16.8. The molecule has 2 aliphatic rings. The topological polar surface area (TPSA) is 52.1 Å². The summed E-state index contributed by atoms with van der Waals surface area (Å²) in [6.45, 7) is 4.66. The minimum Gasteiger partial charge on any atom is -0.312 e. The van der Waals surface area contributed by atoms with Crippen LogP contribution in [0.15, 0.2) is 103 Å². The number of nitrogens with one attached hydrogen (secondary N) is 1. The molecule has 176 valence electrons. The highest BCUT2D eigenvalue weighted by Crippen LogP contribution is 2.51. The fraction of sp³-hybridized carbons (Fsp3) is 0.152. The Bertz CT molecular complexity index is 1580. The molecule has 2 atom stereocenters. The molecule has 1 heterocycles. The Kier molecular flexibility index (Phi) is 5.55. The Morgan fingerprint density at radius 1 is 0.861 bits per heavy atom. The Hall–Kier alpha value is -4.01. The first-order valence-corrected chi connectivity index (χ1v) is 12.5. The van der Waals surface area contributed by atoms with Gasteiger partial charge in [0.1, 0.15) is 0 Å². The maximum absolute atomic E-state index is 6.55. The van der Waals surface area contributed by atoms with Crippen LogP contribution < -0.4 is 15.7 Å². The van der Waals surface area contributed by atoms with Crippen molar-refractivity contribution in [2.45, 2.75) is 31.5 Å². The molecule has 4 aromatic carbocycles.